The number of anilines is 1. The maximum absolute atomic E-state index is 13.4. The normalized spacial score (nSPS) is 24.3. The average molecular weight is 285 g/mol. The maximum Gasteiger partial charge on any atom is 0.181 e. The van der Waals surface area contributed by atoms with Crippen LogP contribution in [0.2, 0.25) is 0 Å². The molecule has 0 aromatic heterocycles. The van der Waals surface area contributed by atoms with Crippen LogP contribution in [0.25, 0.3) is 0 Å². The number of sulfone groups is 1. The van der Waals surface area contributed by atoms with Gasteiger partial charge in [-0.25, -0.2) is 12.8 Å². The molecule has 106 valence electrons. The van der Waals surface area contributed by atoms with Crippen molar-refractivity contribution in [1.29, 1.82) is 0 Å². The zero-order chi connectivity index (χ0) is 14.0. The van der Waals surface area contributed by atoms with E-state index in [1.54, 1.807) is 0 Å². The Morgan fingerprint density at radius 2 is 1.95 bits per heavy atom. The van der Waals surface area contributed by atoms with Gasteiger partial charge in [0.15, 0.2) is 9.84 Å². The summed E-state index contributed by atoms with van der Waals surface area (Å²) < 4.78 is 38.6. The minimum Gasteiger partial charge on any atom is -0.399 e. The Labute approximate surface area is 113 Å². The van der Waals surface area contributed by atoms with Crippen LogP contribution in [0.4, 0.5) is 10.1 Å². The van der Waals surface area contributed by atoms with Crippen LogP contribution < -0.4 is 5.73 Å². The highest BCUT2D eigenvalue weighted by atomic mass is 32.2. The van der Waals surface area contributed by atoms with Crippen molar-refractivity contribution in [2.24, 2.45) is 5.92 Å². The van der Waals surface area contributed by atoms with Crippen LogP contribution in [-0.4, -0.2) is 13.7 Å². The van der Waals surface area contributed by atoms with Gasteiger partial charge in [-0.15, -0.1) is 0 Å². The lowest BCUT2D eigenvalue weighted by Crippen LogP contribution is -2.32. The maximum atomic E-state index is 13.4. The predicted octanol–water partition coefficient (Wildman–Crippen LogP) is 3.15. The highest BCUT2D eigenvalue weighted by Crippen LogP contribution is 2.35. The first kappa shape index (κ1) is 14.3. The molecule has 0 spiro atoms. The summed E-state index contributed by atoms with van der Waals surface area (Å²) >= 11 is 0. The molecule has 2 rings (SSSR count). The number of nitrogens with two attached hydrogens (primary N) is 1. The summed E-state index contributed by atoms with van der Waals surface area (Å²) in [5, 5.41) is -0.396. The lowest BCUT2D eigenvalue weighted by atomic mass is 9.87. The van der Waals surface area contributed by atoms with Gasteiger partial charge in [0, 0.05) is 5.69 Å². The minimum atomic E-state index is -3.49. The molecule has 2 atom stereocenters. The van der Waals surface area contributed by atoms with E-state index < -0.39 is 20.9 Å². The van der Waals surface area contributed by atoms with Gasteiger partial charge in [-0.1, -0.05) is 26.2 Å². The van der Waals surface area contributed by atoms with Crippen LogP contribution in [0.3, 0.4) is 0 Å². The van der Waals surface area contributed by atoms with Crippen LogP contribution in [0.15, 0.2) is 23.1 Å². The van der Waals surface area contributed by atoms with E-state index in [0.29, 0.717) is 6.42 Å². The second kappa shape index (κ2) is 5.49. The van der Waals surface area contributed by atoms with E-state index in [-0.39, 0.29) is 16.5 Å². The van der Waals surface area contributed by atoms with E-state index >= 15 is 0 Å². The summed E-state index contributed by atoms with van der Waals surface area (Å²) in [6.45, 7) is 2.01. The minimum absolute atomic E-state index is 0.0235. The number of hydrogen-bond acceptors (Lipinski definition) is 3. The molecule has 19 heavy (non-hydrogen) atoms. The monoisotopic (exact) mass is 285 g/mol. The first-order valence-electron chi connectivity index (χ1n) is 6.75. The highest BCUT2D eigenvalue weighted by Gasteiger charge is 2.35. The Bertz CT molecular complexity index is 536. The molecule has 2 unspecified atom stereocenters. The zero-order valence-corrected chi connectivity index (χ0v) is 11.9. The Morgan fingerprint density at radius 3 is 2.58 bits per heavy atom. The van der Waals surface area contributed by atoms with Crippen molar-refractivity contribution < 1.29 is 12.8 Å². The lowest BCUT2D eigenvalue weighted by Gasteiger charge is -2.30. The standard InChI is InChI=1S/C14H20FNO2S/c1-2-10-5-3-4-6-14(10)19(17,18)13-8-11(15)7-12(16)9-13/h7-10,14H,2-6,16H2,1H3. The summed E-state index contributed by atoms with van der Waals surface area (Å²) in [6.07, 6.45) is 4.44. The number of hydrogen-bond donors (Lipinski definition) is 1. The van der Waals surface area contributed by atoms with Crippen molar-refractivity contribution in [1.82, 2.24) is 0 Å². The summed E-state index contributed by atoms with van der Waals surface area (Å²) in [4.78, 5) is 0.0235. The SMILES string of the molecule is CCC1CCCCC1S(=O)(=O)c1cc(N)cc(F)c1. The Kier molecular flexibility index (Phi) is 4.13. The fourth-order valence-electron chi connectivity index (χ4n) is 2.97. The van der Waals surface area contributed by atoms with E-state index in [2.05, 4.69) is 0 Å². The number of benzene rings is 1. The molecular weight excluding hydrogens is 265 g/mol. The van der Waals surface area contributed by atoms with Gasteiger partial charge in [0.1, 0.15) is 5.82 Å². The lowest BCUT2D eigenvalue weighted by molar-refractivity contribution is 0.348. The average Bonchev–Trinajstić information content (AvgIpc) is 2.37. The molecule has 5 heteroatoms. The van der Waals surface area contributed by atoms with Gasteiger partial charge in [0.05, 0.1) is 10.1 Å². The number of halogens is 1. The topological polar surface area (TPSA) is 60.2 Å². The molecule has 2 N–H and O–H groups in total. The molecule has 1 aromatic carbocycles. The number of nitrogen functional groups attached to an aromatic ring is 1. The van der Waals surface area contributed by atoms with Crippen molar-refractivity contribution in [2.75, 3.05) is 5.73 Å². The Morgan fingerprint density at radius 1 is 1.26 bits per heavy atom. The Balaban J connectivity index is 2.40. The molecule has 0 radical (unpaired) electrons. The molecule has 0 aliphatic heterocycles. The molecule has 1 aliphatic rings. The first-order valence-corrected chi connectivity index (χ1v) is 8.29. The smallest absolute Gasteiger partial charge is 0.181 e. The van der Waals surface area contributed by atoms with Gasteiger partial charge in [-0.3, -0.25) is 0 Å². The van der Waals surface area contributed by atoms with Crippen molar-refractivity contribution in [2.45, 2.75) is 49.2 Å². The molecule has 1 aliphatic carbocycles. The van der Waals surface area contributed by atoms with Crippen molar-refractivity contribution in [3.8, 4) is 0 Å². The molecular formula is C14H20FNO2S. The fourth-order valence-corrected chi connectivity index (χ4v) is 5.21. The molecule has 0 heterocycles. The van der Waals surface area contributed by atoms with E-state index in [1.807, 2.05) is 6.92 Å². The summed E-state index contributed by atoms with van der Waals surface area (Å²) in [7, 11) is -3.49. The van der Waals surface area contributed by atoms with Gasteiger partial charge >= 0.3 is 0 Å². The van der Waals surface area contributed by atoms with Gasteiger partial charge in [0.25, 0.3) is 0 Å². The third kappa shape index (κ3) is 2.91. The molecule has 3 nitrogen and oxygen atoms in total. The summed E-state index contributed by atoms with van der Waals surface area (Å²) in [6, 6.07) is 3.57. The van der Waals surface area contributed by atoms with Gasteiger partial charge in [-0.2, -0.15) is 0 Å². The van der Waals surface area contributed by atoms with Crippen LogP contribution in [0.1, 0.15) is 39.0 Å². The van der Waals surface area contributed by atoms with Crippen LogP contribution in [-0.2, 0) is 9.84 Å². The number of rotatable bonds is 3. The van der Waals surface area contributed by atoms with Crippen LogP contribution in [0.5, 0.6) is 0 Å². The fraction of sp³-hybridized carbons (Fsp3) is 0.571. The highest BCUT2D eigenvalue weighted by molar-refractivity contribution is 7.92. The first-order chi connectivity index (χ1) is 8.95. The van der Waals surface area contributed by atoms with E-state index in [9.17, 15) is 12.8 Å². The van der Waals surface area contributed by atoms with Gasteiger partial charge in [-0.05, 0) is 37.0 Å². The molecule has 0 amide bonds. The zero-order valence-electron chi connectivity index (χ0n) is 11.1. The van der Waals surface area contributed by atoms with Gasteiger partial charge < -0.3 is 5.73 Å². The molecule has 1 saturated carbocycles. The Hall–Kier alpha value is -1.10. The van der Waals surface area contributed by atoms with Gasteiger partial charge in [0.2, 0.25) is 0 Å². The van der Waals surface area contributed by atoms with Crippen molar-refractivity contribution in [3.05, 3.63) is 24.0 Å². The van der Waals surface area contributed by atoms with Crippen LogP contribution in [0, 0.1) is 11.7 Å². The largest absolute Gasteiger partial charge is 0.399 e. The quantitative estimate of drug-likeness (QED) is 0.868. The van der Waals surface area contributed by atoms with E-state index in [1.165, 1.54) is 6.07 Å². The third-order valence-electron chi connectivity index (χ3n) is 3.98. The summed E-state index contributed by atoms with van der Waals surface area (Å²) in [5.41, 5.74) is 5.70. The molecule has 1 fully saturated rings. The van der Waals surface area contributed by atoms with E-state index in [4.69, 9.17) is 5.73 Å². The van der Waals surface area contributed by atoms with Crippen molar-refractivity contribution >= 4 is 15.5 Å². The third-order valence-corrected chi connectivity index (χ3v) is 6.29. The molecule has 0 saturated heterocycles. The second-order valence-corrected chi connectivity index (χ2v) is 7.42. The second-order valence-electron chi connectivity index (χ2n) is 5.26. The molecule has 1 aromatic rings. The van der Waals surface area contributed by atoms with Crippen molar-refractivity contribution in [3.63, 3.8) is 0 Å². The van der Waals surface area contributed by atoms with E-state index in [0.717, 1.165) is 37.8 Å². The van der Waals surface area contributed by atoms with Crippen LogP contribution >= 0.6 is 0 Å². The predicted molar refractivity (Wildman–Crippen MR) is 74.0 cm³/mol. The molecule has 0 bridgehead atoms. The summed E-state index contributed by atoms with van der Waals surface area (Å²) in [5.74, 6) is -0.425.